The minimum atomic E-state index is 0.705. The van der Waals surface area contributed by atoms with Crippen LogP contribution in [0.4, 0.5) is 17.1 Å². The minimum absolute atomic E-state index is 0.705. The second kappa shape index (κ2) is 7.78. The number of nitrogens with zero attached hydrogens (tertiary/aromatic N) is 1. The van der Waals surface area contributed by atoms with Gasteiger partial charge in [-0.15, -0.1) is 0 Å². The summed E-state index contributed by atoms with van der Waals surface area (Å²) in [5.41, 5.74) is 7.69. The highest BCUT2D eigenvalue weighted by Crippen LogP contribution is 2.42. The van der Waals surface area contributed by atoms with Crippen LogP contribution in [-0.4, -0.2) is 0 Å². The molecule has 0 radical (unpaired) electrons. The number of benzene rings is 4. The van der Waals surface area contributed by atoms with Crippen LogP contribution in [0.25, 0.3) is 28.2 Å². The maximum atomic E-state index is 6.38. The quantitative estimate of drug-likeness (QED) is 0.327. The molecule has 0 spiro atoms. The van der Waals surface area contributed by atoms with Gasteiger partial charge in [0.2, 0.25) is 0 Å². The number of anilines is 3. The lowest BCUT2D eigenvalue weighted by atomic mass is 10.0. The first-order chi connectivity index (χ1) is 15.9. The van der Waals surface area contributed by atoms with Gasteiger partial charge in [0.1, 0.15) is 5.76 Å². The van der Waals surface area contributed by atoms with Crippen molar-refractivity contribution >= 4 is 34.1 Å². The lowest BCUT2D eigenvalue weighted by Gasteiger charge is -2.25. The van der Waals surface area contributed by atoms with Crippen LogP contribution in [0.1, 0.15) is 11.3 Å². The summed E-state index contributed by atoms with van der Waals surface area (Å²) in [6, 6.07) is 36.0. The Morgan fingerprint density at radius 3 is 2.12 bits per heavy atom. The third-order valence-electron chi connectivity index (χ3n) is 5.93. The van der Waals surface area contributed by atoms with Crippen LogP contribution in [0, 0.1) is 0 Å². The van der Waals surface area contributed by atoms with Gasteiger partial charge in [-0.3, -0.25) is 0 Å². The smallest absolute Gasteiger partial charge is 0.159 e. The van der Waals surface area contributed by atoms with E-state index in [1.165, 1.54) is 11.1 Å². The van der Waals surface area contributed by atoms with Crippen molar-refractivity contribution in [3.8, 4) is 11.1 Å². The number of para-hydroxylation sites is 2. The van der Waals surface area contributed by atoms with Gasteiger partial charge in [-0.2, -0.15) is 0 Å². The van der Waals surface area contributed by atoms with Crippen LogP contribution in [0.15, 0.2) is 114 Å². The molecule has 154 valence electrons. The Hall–Kier alpha value is -4.24. The Balaban J connectivity index is 1.51. The van der Waals surface area contributed by atoms with Gasteiger partial charge in [-0.1, -0.05) is 72.8 Å². The highest BCUT2D eigenvalue weighted by Gasteiger charge is 2.21. The summed E-state index contributed by atoms with van der Waals surface area (Å²) in [4.78, 5) is 2.27. The summed E-state index contributed by atoms with van der Waals surface area (Å²) >= 11 is 0. The summed E-state index contributed by atoms with van der Waals surface area (Å²) < 4.78 is 6.38. The Morgan fingerprint density at radius 2 is 1.34 bits per heavy atom. The summed E-state index contributed by atoms with van der Waals surface area (Å²) in [5, 5.41) is 4.38. The first-order valence-corrected chi connectivity index (χ1v) is 10.8. The van der Waals surface area contributed by atoms with E-state index in [1.807, 2.05) is 18.3 Å². The molecule has 32 heavy (non-hydrogen) atoms. The van der Waals surface area contributed by atoms with Crippen molar-refractivity contribution < 1.29 is 4.42 Å². The molecule has 1 aliphatic heterocycles. The molecule has 0 bridgehead atoms. The Morgan fingerprint density at radius 1 is 0.656 bits per heavy atom. The van der Waals surface area contributed by atoms with Crippen molar-refractivity contribution in [1.29, 1.82) is 0 Å². The molecular weight excluding hydrogens is 392 g/mol. The van der Waals surface area contributed by atoms with Crippen molar-refractivity contribution in [3.63, 3.8) is 0 Å². The molecular formula is C29H22N2O. The van der Waals surface area contributed by atoms with Crippen molar-refractivity contribution in [2.24, 2.45) is 0 Å². The molecule has 1 aromatic heterocycles. The van der Waals surface area contributed by atoms with Crippen LogP contribution >= 0.6 is 0 Å². The molecule has 3 nitrogen and oxygen atoms in total. The number of hydrogen-bond acceptors (Lipinski definition) is 3. The van der Waals surface area contributed by atoms with Gasteiger partial charge in [0.25, 0.3) is 0 Å². The number of hydrogen-bond donors (Lipinski definition) is 1. The van der Waals surface area contributed by atoms with Crippen molar-refractivity contribution in [2.75, 3.05) is 4.90 Å². The lowest BCUT2D eigenvalue weighted by molar-refractivity contribution is 0.533. The average Bonchev–Trinajstić information content (AvgIpc) is 3.26. The fraction of sp³-hybridized carbons (Fsp3) is 0.0345. The van der Waals surface area contributed by atoms with Gasteiger partial charge in [-0.05, 0) is 53.7 Å². The molecule has 6 rings (SSSR count). The molecule has 0 fully saturated rings. The van der Waals surface area contributed by atoms with Gasteiger partial charge in [0.05, 0.1) is 12.2 Å². The second-order valence-electron chi connectivity index (χ2n) is 7.89. The van der Waals surface area contributed by atoms with Crippen LogP contribution in [0.5, 0.6) is 0 Å². The monoisotopic (exact) mass is 414 g/mol. The van der Waals surface area contributed by atoms with Gasteiger partial charge < -0.3 is 14.6 Å². The molecule has 5 aromatic rings. The number of rotatable bonds is 4. The summed E-state index contributed by atoms with van der Waals surface area (Å²) in [7, 11) is 0. The van der Waals surface area contributed by atoms with E-state index in [4.69, 9.17) is 4.42 Å². The maximum absolute atomic E-state index is 6.38. The number of fused-ring (bicyclic) bond motifs is 3. The Bertz CT molecular complexity index is 1400. The van der Waals surface area contributed by atoms with Gasteiger partial charge in [0, 0.05) is 22.3 Å². The largest absolute Gasteiger partial charge is 0.456 e. The first-order valence-electron chi connectivity index (χ1n) is 10.8. The third-order valence-corrected chi connectivity index (χ3v) is 5.93. The zero-order valence-corrected chi connectivity index (χ0v) is 17.5. The maximum Gasteiger partial charge on any atom is 0.159 e. The molecule has 4 aromatic carbocycles. The van der Waals surface area contributed by atoms with Crippen LogP contribution in [-0.2, 0) is 6.54 Å². The molecule has 0 atom stereocenters. The van der Waals surface area contributed by atoms with Gasteiger partial charge in [-0.25, -0.2) is 0 Å². The Labute approximate surface area is 187 Å². The highest BCUT2D eigenvalue weighted by atomic mass is 16.3. The van der Waals surface area contributed by atoms with E-state index in [0.29, 0.717) is 6.54 Å². The van der Waals surface area contributed by atoms with E-state index in [9.17, 15) is 0 Å². The third kappa shape index (κ3) is 3.15. The van der Waals surface area contributed by atoms with Crippen molar-refractivity contribution in [2.45, 2.75) is 6.54 Å². The first kappa shape index (κ1) is 18.5. The lowest BCUT2D eigenvalue weighted by Crippen LogP contribution is -2.10. The highest BCUT2D eigenvalue weighted by molar-refractivity contribution is 6.00. The molecule has 2 heterocycles. The van der Waals surface area contributed by atoms with Crippen LogP contribution in [0.2, 0.25) is 0 Å². The Kier molecular flexibility index (Phi) is 4.51. The number of nitrogens with one attached hydrogen (secondary N) is 1. The normalized spacial score (nSPS) is 12.4. The topological polar surface area (TPSA) is 28.4 Å². The van der Waals surface area contributed by atoms with E-state index in [0.717, 1.165) is 39.4 Å². The average molecular weight is 415 g/mol. The van der Waals surface area contributed by atoms with Crippen LogP contribution < -0.4 is 10.2 Å². The zero-order valence-electron chi connectivity index (χ0n) is 17.5. The van der Waals surface area contributed by atoms with E-state index >= 15 is 0 Å². The molecule has 0 saturated heterocycles. The number of furan rings is 1. The fourth-order valence-corrected chi connectivity index (χ4v) is 4.39. The van der Waals surface area contributed by atoms with Gasteiger partial charge >= 0.3 is 0 Å². The molecule has 1 aliphatic rings. The molecule has 0 unspecified atom stereocenters. The standard InChI is InChI=1S/C29H22N2O/c1-3-8-21(9-4-1)22-14-16-24(17-15-22)31(23-10-5-2-6-11-23)27-13-7-12-26-25-18-19-30-20-28(25)32-29(26)27/h1-19,30H,20H2. The molecule has 3 heteroatoms. The molecule has 0 amide bonds. The molecule has 0 saturated carbocycles. The van der Waals surface area contributed by atoms with E-state index in [2.05, 4.69) is 107 Å². The molecule has 1 N–H and O–H groups in total. The fourth-order valence-electron chi connectivity index (χ4n) is 4.39. The van der Waals surface area contributed by atoms with Gasteiger partial charge in [0.15, 0.2) is 5.58 Å². The van der Waals surface area contributed by atoms with Crippen molar-refractivity contribution in [3.05, 3.63) is 121 Å². The van der Waals surface area contributed by atoms with Crippen molar-refractivity contribution in [1.82, 2.24) is 5.32 Å². The summed E-state index contributed by atoms with van der Waals surface area (Å²) in [6.45, 7) is 0.705. The summed E-state index contributed by atoms with van der Waals surface area (Å²) in [5.74, 6) is 0.974. The second-order valence-corrected chi connectivity index (χ2v) is 7.89. The van der Waals surface area contributed by atoms with Crippen LogP contribution in [0.3, 0.4) is 0 Å². The van der Waals surface area contributed by atoms with E-state index in [-0.39, 0.29) is 0 Å². The SMILES string of the molecule is C1=Cc2c(oc3c(N(c4ccccc4)c4ccc(-c5ccccc5)cc4)cccc23)CN1. The van der Waals surface area contributed by atoms with E-state index < -0.39 is 0 Å². The zero-order chi connectivity index (χ0) is 21.3. The predicted octanol–water partition coefficient (Wildman–Crippen LogP) is 7.64. The van der Waals surface area contributed by atoms with E-state index in [1.54, 1.807) is 0 Å². The summed E-state index contributed by atoms with van der Waals surface area (Å²) in [6.07, 6.45) is 4.08. The predicted molar refractivity (Wildman–Crippen MR) is 132 cm³/mol. The minimum Gasteiger partial charge on any atom is -0.456 e. The molecule has 0 aliphatic carbocycles.